The Bertz CT molecular complexity index is 713. The third-order valence-corrected chi connectivity index (χ3v) is 5.75. The SMILES string of the molecule is Cc1c(C)c2c(c(C)c1O[C@H]1O[C@H](CO)[C@@H](O)[C@H](O)[C@H]1O)CCC(C)(C)O2. The van der Waals surface area contributed by atoms with Crippen LogP contribution in [0.25, 0.3) is 0 Å². The Hall–Kier alpha value is -1.38. The summed E-state index contributed by atoms with van der Waals surface area (Å²) in [4.78, 5) is 0. The second-order valence-corrected chi connectivity index (χ2v) is 8.19. The Kier molecular flexibility index (Phi) is 5.44. The molecule has 0 saturated carbocycles. The summed E-state index contributed by atoms with van der Waals surface area (Å²) in [7, 11) is 0. The van der Waals surface area contributed by atoms with E-state index in [1.807, 2.05) is 20.8 Å². The van der Waals surface area contributed by atoms with Crippen LogP contribution < -0.4 is 9.47 Å². The van der Waals surface area contributed by atoms with Crippen LogP contribution in [0, 0.1) is 20.8 Å². The lowest BCUT2D eigenvalue weighted by atomic mass is 9.88. The molecule has 2 heterocycles. The molecule has 0 unspecified atom stereocenters. The van der Waals surface area contributed by atoms with E-state index in [0.29, 0.717) is 5.75 Å². The lowest BCUT2D eigenvalue weighted by Crippen LogP contribution is -2.60. The molecule has 0 aliphatic carbocycles. The maximum atomic E-state index is 10.3. The van der Waals surface area contributed by atoms with E-state index in [-0.39, 0.29) is 5.60 Å². The lowest BCUT2D eigenvalue weighted by Gasteiger charge is -2.40. The van der Waals surface area contributed by atoms with Gasteiger partial charge >= 0.3 is 0 Å². The standard InChI is InChI=1S/C20H30O7/c1-9-10(2)18-12(6-7-20(4,5)27-18)11(3)17(9)26-19-16(24)15(23)14(22)13(8-21)25-19/h13-16,19,21-24H,6-8H2,1-5H3/t13-,14-,15+,16-,19-/m1/s1. The first-order valence-corrected chi connectivity index (χ1v) is 9.36. The summed E-state index contributed by atoms with van der Waals surface area (Å²) in [5, 5.41) is 39.6. The van der Waals surface area contributed by atoms with E-state index in [1.54, 1.807) is 0 Å². The van der Waals surface area contributed by atoms with Crippen LogP contribution in [0.1, 0.15) is 42.5 Å². The Balaban J connectivity index is 1.95. The van der Waals surface area contributed by atoms with Gasteiger partial charge in [0, 0.05) is 5.56 Å². The van der Waals surface area contributed by atoms with E-state index in [4.69, 9.17) is 14.2 Å². The smallest absolute Gasteiger partial charge is 0.229 e. The van der Waals surface area contributed by atoms with Crippen LogP contribution in [0.4, 0.5) is 0 Å². The zero-order valence-electron chi connectivity index (χ0n) is 16.5. The second-order valence-electron chi connectivity index (χ2n) is 8.19. The average Bonchev–Trinajstić information content (AvgIpc) is 2.62. The van der Waals surface area contributed by atoms with Gasteiger partial charge in [-0.25, -0.2) is 0 Å². The number of ether oxygens (including phenoxy) is 3. The van der Waals surface area contributed by atoms with E-state index in [2.05, 4.69) is 13.8 Å². The molecule has 0 amide bonds. The number of fused-ring (bicyclic) bond motifs is 1. The van der Waals surface area contributed by atoms with Gasteiger partial charge in [0.2, 0.25) is 6.29 Å². The molecule has 0 aromatic heterocycles. The first-order chi connectivity index (χ1) is 12.6. The zero-order chi connectivity index (χ0) is 20.1. The third-order valence-electron chi connectivity index (χ3n) is 5.75. The molecule has 152 valence electrons. The molecule has 0 bridgehead atoms. The number of aliphatic hydroxyl groups is 4. The highest BCUT2D eigenvalue weighted by molar-refractivity contribution is 5.59. The van der Waals surface area contributed by atoms with Crippen molar-refractivity contribution in [2.45, 2.75) is 83.8 Å². The zero-order valence-corrected chi connectivity index (χ0v) is 16.5. The summed E-state index contributed by atoms with van der Waals surface area (Å²) in [5.74, 6) is 1.45. The number of hydrogen-bond donors (Lipinski definition) is 4. The van der Waals surface area contributed by atoms with Crippen molar-refractivity contribution in [1.82, 2.24) is 0 Å². The van der Waals surface area contributed by atoms with Gasteiger partial charge in [0.25, 0.3) is 0 Å². The Morgan fingerprint density at radius 2 is 1.67 bits per heavy atom. The summed E-state index contributed by atoms with van der Waals surface area (Å²) in [5.41, 5.74) is 3.57. The fourth-order valence-corrected chi connectivity index (χ4v) is 3.81. The monoisotopic (exact) mass is 382 g/mol. The van der Waals surface area contributed by atoms with Crippen molar-refractivity contribution in [2.75, 3.05) is 6.61 Å². The van der Waals surface area contributed by atoms with Gasteiger partial charge in [-0.15, -0.1) is 0 Å². The van der Waals surface area contributed by atoms with Crippen LogP contribution in [0.5, 0.6) is 11.5 Å². The van der Waals surface area contributed by atoms with E-state index in [9.17, 15) is 20.4 Å². The van der Waals surface area contributed by atoms with Gasteiger partial charge in [-0.2, -0.15) is 0 Å². The molecule has 2 aliphatic heterocycles. The Morgan fingerprint density at radius 1 is 1.00 bits per heavy atom. The molecule has 1 fully saturated rings. The number of aliphatic hydroxyl groups excluding tert-OH is 4. The van der Waals surface area contributed by atoms with E-state index >= 15 is 0 Å². The molecule has 2 aliphatic rings. The van der Waals surface area contributed by atoms with Gasteiger partial charge in [0.15, 0.2) is 0 Å². The van der Waals surface area contributed by atoms with Crippen LogP contribution in [0.2, 0.25) is 0 Å². The van der Waals surface area contributed by atoms with Crippen LogP contribution >= 0.6 is 0 Å². The van der Waals surface area contributed by atoms with Gasteiger partial charge in [0.1, 0.15) is 41.5 Å². The molecule has 1 aromatic carbocycles. The minimum absolute atomic E-state index is 0.226. The van der Waals surface area contributed by atoms with E-state index < -0.39 is 37.3 Å². The molecule has 7 heteroatoms. The highest BCUT2D eigenvalue weighted by atomic mass is 16.7. The van der Waals surface area contributed by atoms with Crippen LogP contribution in [0.15, 0.2) is 0 Å². The molecule has 0 spiro atoms. The summed E-state index contributed by atoms with van der Waals surface area (Å²) >= 11 is 0. The van der Waals surface area contributed by atoms with Gasteiger partial charge < -0.3 is 34.6 Å². The molecule has 3 rings (SSSR count). The first kappa shape index (κ1) is 20.4. The number of benzene rings is 1. The quantitative estimate of drug-likeness (QED) is 0.615. The highest BCUT2D eigenvalue weighted by Crippen LogP contribution is 2.44. The van der Waals surface area contributed by atoms with Gasteiger partial charge in [-0.3, -0.25) is 0 Å². The average molecular weight is 382 g/mol. The Morgan fingerprint density at radius 3 is 2.30 bits per heavy atom. The van der Waals surface area contributed by atoms with Gasteiger partial charge in [0.05, 0.1) is 6.61 Å². The largest absolute Gasteiger partial charge is 0.487 e. The molecular formula is C20H30O7. The van der Waals surface area contributed by atoms with Crippen molar-refractivity contribution in [3.63, 3.8) is 0 Å². The maximum absolute atomic E-state index is 10.3. The summed E-state index contributed by atoms with van der Waals surface area (Å²) < 4.78 is 17.7. The van der Waals surface area contributed by atoms with Crippen molar-refractivity contribution >= 4 is 0 Å². The van der Waals surface area contributed by atoms with Crippen LogP contribution in [0.3, 0.4) is 0 Å². The molecule has 5 atom stereocenters. The molecule has 4 N–H and O–H groups in total. The minimum Gasteiger partial charge on any atom is -0.487 e. The normalized spacial score (nSPS) is 32.6. The van der Waals surface area contributed by atoms with E-state index in [0.717, 1.165) is 40.8 Å². The van der Waals surface area contributed by atoms with Crippen molar-refractivity contribution in [1.29, 1.82) is 0 Å². The van der Waals surface area contributed by atoms with Gasteiger partial charge in [-0.1, -0.05) is 0 Å². The van der Waals surface area contributed by atoms with Crippen LogP contribution in [-0.4, -0.2) is 63.3 Å². The summed E-state index contributed by atoms with van der Waals surface area (Å²) in [6, 6.07) is 0. The molecule has 1 saturated heterocycles. The van der Waals surface area contributed by atoms with Gasteiger partial charge in [-0.05, 0) is 64.2 Å². The topological polar surface area (TPSA) is 109 Å². The predicted octanol–water partition coefficient (Wildman–Crippen LogP) is 0.894. The minimum atomic E-state index is -1.47. The molecule has 7 nitrogen and oxygen atoms in total. The third kappa shape index (κ3) is 3.54. The van der Waals surface area contributed by atoms with Crippen molar-refractivity contribution in [3.05, 3.63) is 22.3 Å². The fourth-order valence-electron chi connectivity index (χ4n) is 3.81. The summed E-state index contributed by atoms with van der Waals surface area (Å²) in [6.07, 6.45) is -4.79. The molecular weight excluding hydrogens is 352 g/mol. The first-order valence-electron chi connectivity index (χ1n) is 9.36. The van der Waals surface area contributed by atoms with Crippen molar-refractivity contribution in [3.8, 4) is 11.5 Å². The fraction of sp³-hybridized carbons (Fsp3) is 0.700. The molecule has 1 aromatic rings. The molecule has 0 radical (unpaired) electrons. The van der Waals surface area contributed by atoms with E-state index in [1.165, 1.54) is 0 Å². The van der Waals surface area contributed by atoms with Crippen LogP contribution in [-0.2, 0) is 11.2 Å². The van der Waals surface area contributed by atoms with Crippen molar-refractivity contribution in [2.24, 2.45) is 0 Å². The number of rotatable bonds is 3. The Labute approximate surface area is 159 Å². The maximum Gasteiger partial charge on any atom is 0.229 e. The predicted molar refractivity (Wildman–Crippen MR) is 98.1 cm³/mol. The van der Waals surface area contributed by atoms with Crippen molar-refractivity contribution < 1.29 is 34.6 Å². The lowest BCUT2D eigenvalue weighted by molar-refractivity contribution is -0.277. The number of hydrogen-bond acceptors (Lipinski definition) is 7. The summed E-state index contributed by atoms with van der Waals surface area (Å²) in [6.45, 7) is 9.46. The second kappa shape index (κ2) is 7.22. The molecule has 27 heavy (non-hydrogen) atoms. The highest BCUT2D eigenvalue weighted by Gasteiger charge is 2.45.